The van der Waals surface area contributed by atoms with E-state index in [1.54, 1.807) is 0 Å². The Kier molecular flexibility index (Phi) is 3.40. The van der Waals surface area contributed by atoms with Crippen molar-refractivity contribution in [2.75, 3.05) is 0 Å². The van der Waals surface area contributed by atoms with Crippen molar-refractivity contribution in [3.05, 3.63) is 33.4 Å². The highest BCUT2D eigenvalue weighted by molar-refractivity contribution is 7.90. The lowest BCUT2D eigenvalue weighted by Gasteiger charge is -2.04. The molecule has 0 unspecified atom stereocenters. The Morgan fingerprint density at radius 1 is 1.35 bits per heavy atom. The molecule has 8 heteroatoms. The van der Waals surface area contributed by atoms with Crippen molar-refractivity contribution < 1.29 is 18.1 Å². The standard InChI is InChI=1S/C9H8N2O5S/c1-6-3-8(17(15,16)10-5-12)4-9(7(6)2)11(13)14/h3-4H,1-2H3. The van der Waals surface area contributed by atoms with Crippen molar-refractivity contribution in [1.82, 2.24) is 0 Å². The van der Waals surface area contributed by atoms with Crippen LogP contribution in [-0.4, -0.2) is 19.4 Å². The molecule has 0 heterocycles. The first-order valence-electron chi connectivity index (χ1n) is 4.39. The van der Waals surface area contributed by atoms with Crippen LogP contribution in [0.25, 0.3) is 0 Å². The predicted octanol–water partition coefficient (Wildman–Crippen LogP) is 1.24. The smallest absolute Gasteiger partial charge is 0.258 e. The number of benzene rings is 1. The first-order chi connectivity index (χ1) is 7.79. The average molecular weight is 256 g/mol. The minimum Gasteiger partial charge on any atom is -0.258 e. The summed E-state index contributed by atoms with van der Waals surface area (Å²) in [6, 6.07) is 2.09. The molecular weight excluding hydrogens is 248 g/mol. The van der Waals surface area contributed by atoms with Gasteiger partial charge in [-0.1, -0.05) is 4.40 Å². The zero-order valence-corrected chi connectivity index (χ0v) is 9.82. The largest absolute Gasteiger partial charge is 0.292 e. The third-order valence-electron chi connectivity index (χ3n) is 2.27. The molecule has 1 aromatic carbocycles. The van der Waals surface area contributed by atoms with E-state index in [1.807, 2.05) is 0 Å². The highest BCUT2D eigenvalue weighted by Gasteiger charge is 2.21. The van der Waals surface area contributed by atoms with Gasteiger partial charge in [-0.25, -0.2) is 4.79 Å². The number of nitro groups is 1. The molecule has 0 aromatic heterocycles. The van der Waals surface area contributed by atoms with Crippen LogP contribution in [-0.2, 0) is 14.8 Å². The molecule has 0 saturated heterocycles. The fourth-order valence-corrected chi connectivity index (χ4v) is 2.04. The monoisotopic (exact) mass is 256 g/mol. The van der Waals surface area contributed by atoms with E-state index in [9.17, 15) is 23.3 Å². The van der Waals surface area contributed by atoms with Crippen LogP contribution in [0.5, 0.6) is 0 Å². The molecule has 0 saturated carbocycles. The summed E-state index contributed by atoms with van der Waals surface area (Å²) in [6.07, 6.45) is 0.906. The van der Waals surface area contributed by atoms with Crippen LogP contribution in [0.1, 0.15) is 11.1 Å². The zero-order valence-electron chi connectivity index (χ0n) is 9.00. The van der Waals surface area contributed by atoms with Crippen molar-refractivity contribution in [2.45, 2.75) is 18.7 Å². The average Bonchev–Trinajstić information content (AvgIpc) is 2.21. The summed E-state index contributed by atoms with van der Waals surface area (Å²) < 4.78 is 25.5. The van der Waals surface area contributed by atoms with Gasteiger partial charge in [0, 0.05) is 11.6 Å². The molecule has 0 aliphatic rings. The second kappa shape index (κ2) is 4.44. The molecule has 7 nitrogen and oxygen atoms in total. The van der Waals surface area contributed by atoms with Gasteiger partial charge >= 0.3 is 0 Å². The van der Waals surface area contributed by atoms with E-state index in [0.29, 0.717) is 11.1 Å². The SMILES string of the molecule is Cc1cc(S(=O)(=O)N=C=O)cc([N+](=O)[O-])c1C. The van der Waals surface area contributed by atoms with E-state index in [4.69, 9.17) is 0 Å². The Bertz CT molecular complexity index is 629. The van der Waals surface area contributed by atoms with E-state index in [1.165, 1.54) is 19.9 Å². The number of carbonyl (C=O) groups excluding carboxylic acids is 1. The number of nitro benzene ring substituents is 1. The molecule has 0 aliphatic heterocycles. The van der Waals surface area contributed by atoms with Crippen LogP contribution in [0.15, 0.2) is 21.4 Å². The Labute approximate surface area is 97.0 Å². The summed E-state index contributed by atoms with van der Waals surface area (Å²) in [5.74, 6) is 0. The Hall–Kier alpha value is -2.05. The van der Waals surface area contributed by atoms with Gasteiger partial charge in [0.25, 0.3) is 21.8 Å². The molecule has 0 amide bonds. The Morgan fingerprint density at radius 3 is 2.41 bits per heavy atom. The molecule has 17 heavy (non-hydrogen) atoms. The third-order valence-corrected chi connectivity index (χ3v) is 3.41. The fourth-order valence-electron chi connectivity index (χ4n) is 1.25. The molecule has 0 atom stereocenters. The maximum atomic E-state index is 11.4. The van der Waals surface area contributed by atoms with Crippen LogP contribution in [0.4, 0.5) is 5.69 Å². The minimum absolute atomic E-state index is 0.329. The third kappa shape index (κ3) is 2.55. The van der Waals surface area contributed by atoms with Crippen molar-refractivity contribution in [3.63, 3.8) is 0 Å². The van der Waals surface area contributed by atoms with Gasteiger partial charge in [-0.2, -0.15) is 8.42 Å². The van der Waals surface area contributed by atoms with Crippen LogP contribution < -0.4 is 0 Å². The minimum atomic E-state index is -4.21. The second-order valence-electron chi connectivity index (χ2n) is 3.30. The number of aryl methyl sites for hydroxylation is 1. The molecule has 0 fully saturated rings. The van der Waals surface area contributed by atoms with Gasteiger partial charge in [0.15, 0.2) is 0 Å². The zero-order chi connectivity index (χ0) is 13.2. The number of sulfonamides is 1. The van der Waals surface area contributed by atoms with Gasteiger partial charge in [0.1, 0.15) is 0 Å². The summed E-state index contributed by atoms with van der Waals surface area (Å²) in [6.45, 7) is 3.04. The summed E-state index contributed by atoms with van der Waals surface area (Å²) in [4.78, 5) is 19.6. The summed E-state index contributed by atoms with van der Waals surface area (Å²) >= 11 is 0. The van der Waals surface area contributed by atoms with Crippen LogP contribution in [0, 0.1) is 24.0 Å². The summed E-state index contributed by atoms with van der Waals surface area (Å²) in [7, 11) is -4.21. The van der Waals surface area contributed by atoms with Crippen LogP contribution in [0.2, 0.25) is 0 Å². The molecule has 0 aliphatic carbocycles. The normalized spacial score (nSPS) is 10.7. The highest BCUT2D eigenvalue weighted by atomic mass is 32.2. The Morgan fingerprint density at radius 2 is 1.94 bits per heavy atom. The van der Waals surface area contributed by atoms with Crippen molar-refractivity contribution >= 4 is 21.8 Å². The number of rotatable bonds is 3. The number of hydrogen-bond acceptors (Lipinski definition) is 5. The van der Waals surface area contributed by atoms with E-state index < -0.39 is 19.8 Å². The lowest BCUT2D eigenvalue weighted by atomic mass is 10.1. The lowest BCUT2D eigenvalue weighted by Crippen LogP contribution is -2.01. The van der Waals surface area contributed by atoms with Gasteiger partial charge in [-0.05, 0) is 25.5 Å². The molecular formula is C9H8N2O5S. The molecule has 0 N–H and O–H groups in total. The van der Waals surface area contributed by atoms with Gasteiger partial charge in [-0.3, -0.25) is 10.1 Å². The van der Waals surface area contributed by atoms with E-state index in [-0.39, 0.29) is 5.69 Å². The van der Waals surface area contributed by atoms with Crippen molar-refractivity contribution in [2.24, 2.45) is 4.40 Å². The maximum absolute atomic E-state index is 11.4. The maximum Gasteiger partial charge on any atom is 0.292 e. The van der Waals surface area contributed by atoms with Crippen LogP contribution in [0.3, 0.4) is 0 Å². The number of nitrogens with zero attached hydrogens (tertiary/aromatic N) is 2. The first kappa shape index (κ1) is 13.0. The quantitative estimate of drug-likeness (QED) is 0.350. The van der Waals surface area contributed by atoms with E-state index in [2.05, 4.69) is 4.40 Å². The second-order valence-corrected chi connectivity index (χ2v) is 4.90. The van der Waals surface area contributed by atoms with Gasteiger partial charge in [0.05, 0.1) is 9.82 Å². The van der Waals surface area contributed by atoms with Crippen molar-refractivity contribution in [1.29, 1.82) is 0 Å². The highest BCUT2D eigenvalue weighted by Crippen LogP contribution is 2.26. The summed E-state index contributed by atoms with van der Waals surface area (Å²) in [5.41, 5.74) is 0.465. The predicted molar refractivity (Wildman–Crippen MR) is 57.9 cm³/mol. The van der Waals surface area contributed by atoms with Crippen LogP contribution >= 0.6 is 0 Å². The molecule has 90 valence electrons. The summed E-state index contributed by atoms with van der Waals surface area (Å²) in [5, 5.41) is 10.7. The fraction of sp³-hybridized carbons (Fsp3) is 0.222. The number of isocyanates is 1. The van der Waals surface area contributed by atoms with Gasteiger partial charge in [-0.15, -0.1) is 0 Å². The van der Waals surface area contributed by atoms with Gasteiger partial charge < -0.3 is 0 Å². The topological polar surface area (TPSA) is 107 Å². The van der Waals surface area contributed by atoms with E-state index >= 15 is 0 Å². The molecule has 0 spiro atoms. The van der Waals surface area contributed by atoms with E-state index in [0.717, 1.165) is 12.1 Å². The molecule has 1 aromatic rings. The number of hydrogen-bond donors (Lipinski definition) is 0. The van der Waals surface area contributed by atoms with Gasteiger partial charge in [0.2, 0.25) is 0 Å². The lowest BCUT2D eigenvalue weighted by molar-refractivity contribution is -0.385. The Balaban J connectivity index is 3.60. The molecule has 0 radical (unpaired) electrons. The first-order valence-corrected chi connectivity index (χ1v) is 5.83. The molecule has 0 bridgehead atoms. The van der Waals surface area contributed by atoms with Crippen molar-refractivity contribution in [3.8, 4) is 0 Å². The molecule has 1 rings (SSSR count).